The second-order valence-corrected chi connectivity index (χ2v) is 9.01. The number of nitrogens with zero attached hydrogens (tertiary/aromatic N) is 3. The van der Waals surface area contributed by atoms with E-state index in [1.165, 1.54) is 23.3 Å². The molecule has 0 spiro atoms. The molecule has 0 atom stereocenters. The molecule has 6 rings (SSSR count). The van der Waals surface area contributed by atoms with Crippen molar-refractivity contribution in [2.75, 3.05) is 0 Å². The lowest BCUT2D eigenvalue weighted by Crippen LogP contribution is -2.18. The van der Waals surface area contributed by atoms with Gasteiger partial charge in [-0.1, -0.05) is 36.4 Å². The van der Waals surface area contributed by atoms with Crippen molar-refractivity contribution < 1.29 is 18.6 Å². The van der Waals surface area contributed by atoms with Crippen molar-refractivity contribution in [2.24, 2.45) is 7.05 Å². The molecular weight excluding hydrogens is 464 g/mol. The van der Waals surface area contributed by atoms with E-state index < -0.39 is 6.11 Å². The number of imidazole rings is 1. The molecule has 0 unspecified atom stereocenters. The summed E-state index contributed by atoms with van der Waals surface area (Å²) < 4.78 is 32.3. The van der Waals surface area contributed by atoms with Crippen LogP contribution in [0.1, 0.15) is 18.1 Å². The predicted octanol–water partition coefficient (Wildman–Crippen LogP) is 5.60. The van der Waals surface area contributed by atoms with Crippen LogP contribution >= 0.6 is 0 Å². The number of alkyl halides is 2. The normalized spacial score (nSPS) is 13.3. The lowest BCUT2D eigenvalue weighted by atomic mass is 10.0. The molecule has 0 saturated heterocycles. The first-order chi connectivity index (χ1) is 17.2. The van der Waals surface area contributed by atoms with E-state index in [-0.39, 0.29) is 11.5 Å². The fourth-order valence-electron chi connectivity index (χ4n) is 4.63. The second-order valence-electron chi connectivity index (χ2n) is 9.01. The van der Waals surface area contributed by atoms with E-state index in [4.69, 9.17) is 4.98 Å². The quantitative estimate of drug-likeness (QED) is 0.301. The van der Waals surface area contributed by atoms with E-state index in [0.29, 0.717) is 24.1 Å². The smallest absolute Gasteiger partial charge is 0.394 e. The van der Waals surface area contributed by atoms with Crippen LogP contribution in [0.25, 0.3) is 44.9 Å². The lowest BCUT2D eigenvalue weighted by Gasteiger charge is -2.13. The number of rotatable bonds is 5. The molecule has 182 valence electrons. The highest BCUT2D eigenvalue weighted by Gasteiger charge is 2.24. The molecule has 3 heterocycles. The maximum Gasteiger partial charge on any atom is 0.394 e. The van der Waals surface area contributed by atoms with Crippen molar-refractivity contribution in [1.82, 2.24) is 25.1 Å². The number of halogens is 2. The van der Waals surface area contributed by atoms with Crippen molar-refractivity contribution in [2.45, 2.75) is 26.1 Å². The first-order valence-corrected chi connectivity index (χ1v) is 11.5. The fraction of sp³-hybridized carbons (Fsp3) is 0.185. The maximum absolute atomic E-state index is 13.1. The minimum absolute atomic E-state index is 0.0421. The summed E-state index contributed by atoms with van der Waals surface area (Å²) in [6.07, 6.45) is -3.23. The van der Waals surface area contributed by atoms with Crippen molar-refractivity contribution in [3.8, 4) is 45.4 Å². The fourth-order valence-corrected chi connectivity index (χ4v) is 4.63. The minimum atomic E-state index is -3.23. The van der Waals surface area contributed by atoms with Crippen molar-refractivity contribution in [3.63, 3.8) is 0 Å². The topological polar surface area (TPSA) is 88.0 Å². The summed E-state index contributed by atoms with van der Waals surface area (Å²) in [6, 6.07) is 18.1. The van der Waals surface area contributed by atoms with Gasteiger partial charge in [0.05, 0.1) is 11.0 Å². The molecule has 0 amide bonds. The molecule has 1 aliphatic heterocycles. The Kier molecular flexibility index (Phi) is 5.04. The zero-order chi connectivity index (χ0) is 25.0. The summed E-state index contributed by atoms with van der Waals surface area (Å²) in [5.41, 5.74) is 7.68. The van der Waals surface area contributed by atoms with E-state index in [0.717, 1.165) is 40.8 Å². The number of benzene rings is 3. The summed E-state index contributed by atoms with van der Waals surface area (Å²) in [6.45, 7) is 2.37. The van der Waals surface area contributed by atoms with Crippen LogP contribution in [-0.4, -0.2) is 31.0 Å². The Hall–Kier alpha value is -4.24. The van der Waals surface area contributed by atoms with E-state index in [2.05, 4.69) is 32.3 Å². The van der Waals surface area contributed by atoms with Gasteiger partial charge in [-0.05, 0) is 46.5 Å². The monoisotopic (exact) mass is 487 g/mol. The van der Waals surface area contributed by atoms with Gasteiger partial charge in [-0.25, -0.2) is 4.98 Å². The molecule has 7 nitrogen and oxygen atoms in total. The summed E-state index contributed by atoms with van der Waals surface area (Å²) in [7, 11) is 1.77. The number of ether oxygens (including phenoxy) is 1. The number of aryl methyl sites for hydroxylation is 1. The zero-order valence-electron chi connectivity index (χ0n) is 19.6. The van der Waals surface area contributed by atoms with E-state index in [1.807, 2.05) is 24.3 Å². The Labute approximate surface area is 205 Å². The molecule has 1 aliphatic rings. The standard InChI is InChI=1S/C27H23F2N5O2/c1-27(28,29)36-20-9-7-16(8-10-20)15-3-5-17(6-4-15)23-25(35)24(34(2)33-23)26-31-21-11-18-13-30-14-19(18)12-22(21)32-26/h3-12,30,35H,13-14H2,1-2H3,(H,31,32). The number of aromatic amines is 1. The first kappa shape index (κ1) is 22.2. The molecule has 0 aliphatic carbocycles. The van der Waals surface area contributed by atoms with Crippen LogP contribution < -0.4 is 10.1 Å². The summed E-state index contributed by atoms with van der Waals surface area (Å²) in [4.78, 5) is 8.03. The minimum Gasteiger partial charge on any atom is -0.504 e. The molecule has 36 heavy (non-hydrogen) atoms. The Morgan fingerprint density at radius 1 is 0.944 bits per heavy atom. The van der Waals surface area contributed by atoms with Gasteiger partial charge in [0.15, 0.2) is 11.6 Å². The number of hydrogen-bond donors (Lipinski definition) is 3. The molecule has 0 saturated carbocycles. The average molecular weight is 488 g/mol. The highest BCUT2D eigenvalue weighted by molar-refractivity contribution is 5.84. The van der Waals surface area contributed by atoms with Crippen molar-refractivity contribution >= 4 is 11.0 Å². The van der Waals surface area contributed by atoms with Crippen molar-refractivity contribution in [3.05, 3.63) is 71.8 Å². The SMILES string of the molecule is Cn1nc(-c2ccc(-c3ccc(OC(C)(F)F)cc3)cc2)c(O)c1-c1nc2cc3c(cc2[nH]1)CNC3. The molecule has 2 aromatic heterocycles. The van der Waals surface area contributed by atoms with Gasteiger partial charge in [0.2, 0.25) is 0 Å². The van der Waals surface area contributed by atoms with Crippen LogP contribution in [0.2, 0.25) is 0 Å². The Morgan fingerprint density at radius 3 is 2.22 bits per heavy atom. The summed E-state index contributed by atoms with van der Waals surface area (Å²) in [5, 5.41) is 19.0. The molecule has 3 N–H and O–H groups in total. The number of nitrogens with one attached hydrogen (secondary N) is 2. The molecule has 0 fully saturated rings. The molecule has 0 bridgehead atoms. The number of aromatic hydroxyl groups is 1. The van der Waals surface area contributed by atoms with Crippen LogP contribution in [-0.2, 0) is 20.1 Å². The van der Waals surface area contributed by atoms with Crippen molar-refractivity contribution in [1.29, 1.82) is 0 Å². The van der Waals surface area contributed by atoms with Crippen LogP contribution in [0.3, 0.4) is 0 Å². The number of aromatic nitrogens is 4. The summed E-state index contributed by atoms with van der Waals surface area (Å²) >= 11 is 0. The zero-order valence-corrected chi connectivity index (χ0v) is 19.6. The molecule has 5 aromatic rings. The third-order valence-corrected chi connectivity index (χ3v) is 6.32. The van der Waals surface area contributed by atoms with E-state index >= 15 is 0 Å². The average Bonchev–Trinajstić information content (AvgIpc) is 3.53. The van der Waals surface area contributed by atoms with Gasteiger partial charge in [0, 0.05) is 32.6 Å². The highest BCUT2D eigenvalue weighted by Crippen LogP contribution is 2.38. The van der Waals surface area contributed by atoms with Crippen LogP contribution in [0.5, 0.6) is 11.5 Å². The predicted molar refractivity (Wildman–Crippen MR) is 133 cm³/mol. The number of fused-ring (bicyclic) bond motifs is 2. The van der Waals surface area contributed by atoms with Gasteiger partial charge in [-0.2, -0.15) is 13.9 Å². The van der Waals surface area contributed by atoms with Gasteiger partial charge in [0.25, 0.3) is 0 Å². The highest BCUT2D eigenvalue weighted by atomic mass is 19.3. The third kappa shape index (κ3) is 3.97. The van der Waals surface area contributed by atoms with Gasteiger partial charge in [-0.3, -0.25) is 4.68 Å². The first-order valence-electron chi connectivity index (χ1n) is 11.5. The van der Waals surface area contributed by atoms with E-state index in [9.17, 15) is 13.9 Å². The van der Waals surface area contributed by atoms with Gasteiger partial charge in [-0.15, -0.1) is 0 Å². The lowest BCUT2D eigenvalue weighted by molar-refractivity contribution is -0.158. The molecule has 9 heteroatoms. The van der Waals surface area contributed by atoms with Crippen LogP contribution in [0.4, 0.5) is 8.78 Å². The summed E-state index contributed by atoms with van der Waals surface area (Å²) in [5.74, 6) is 0.693. The number of H-pyrrole nitrogens is 1. The van der Waals surface area contributed by atoms with Gasteiger partial charge >= 0.3 is 6.11 Å². The number of hydrogen-bond acceptors (Lipinski definition) is 5. The molecular formula is C27H23F2N5O2. The largest absolute Gasteiger partial charge is 0.504 e. The van der Waals surface area contributed by atoms with Gasteiger partial charge in [0.1, 0.15) is 17.1 Å². The maximum atomic E-state index is 13.1. The van der Waals surface area contributed by atoms with Crippen LogP contribution in [0, 0.1) is 0 Å². The Balaban J connectivity index is 1.29. The Morgan fingerprint density at radius 2 is 1.56 bits per heavy atom. The van der Waals surface area contributed by atoms with E-state index in [1.54, 1.807) is 23.9 Å². The third-order valence-electron chi connectivity index (χ3n) is 6.32. The van der Waals surface area contributed by atoms with Crippen LogP contribution in [0.15, 0.2) is 60.7 Å². The molecule has 3 aromatic carbocycles. The Bertz CT molecular complexity index is 1540. The van der Waals surface area contributed by atoms with Gasteiger partial charge < -0.3 is 20.1 Å². The second kappa shape index (κ2) is 8.17. The molecule has 0 radical (unpaired) electrons.